The molecular weight excluding hydrogens is 379 g/mol. The van der Waals surface area contributed by atoms with Crippen molar-refractivity contribution >= 4 is 23.9 Å². The van der Waals surface area contributed by atoms with Gasteiger partial charge in [0.05, 0.1) is 23.9 Å². The van der Waals surface area contributed by atoms with Gasteiger partial charge in [-0.2, -0.15) is 0 Å². The van der Waals surface area contributed by atoms with Crippen LogP contribution in [0.15, 0.2) is 12.1 Å². The van der Waals surface area contributed by atoms with Crippen LogP contribution in [0.1, 0.15) is 41.4 Å². The van der Waals surface area contributed by atoms with E-state index in [9.17, 15) is 39.6 Å². The predicted molar refractivity (Wildman–Crippen MR) is 43.8 cm³/mol. The molecule has 0 saturated carbocycles. The number of rotatable bonds is 4. The first-order chi connectivity index (χ1) is 8.25. The molecular formula is C10H2O8Zn2. The Labute approximate surface area is 136 Å². The van der Waals surface area contributed by atoms with Gasteiger partial charge < -0.3 is 39.6 Å². The third kappa shape index (κ3) is 4.18. The van der Waals surface area contributed by atoms with Crippen LogP contribution in [0.5, 0.6) is 0 Å². The first-order valence-electron chi connectivity index (χ1n) is 4.29. The van der Waals surface area contributed by atoms with E-state index in [1.165, 1.54) is 0 Å². The molecule has 10 heteroatoms. The molecule has 1 aromatic rings. The van der Waals surface area contributed by atoms with Gasteiger partial charge in [0.25, 0.3) is 0 Å². The average molecular weight is 381 g/mol. The van der Waals surface area contributed by atoms with E-state index in [1.807, 2.05) is 0 Å². The summed E-state index contributed by atoms with van der Waals surface area (Å²) in [7, 11) is 0. The summed E-state index contributed by atoms with van der Waals surface area (Å²) in [6.45, 7) is 0. The Morgan fingerprint density at radius 3 is 0.800 bits per heavy atom. The van der Waals surface area contributed by atoms with Gasteiger partial charge in [-0.1, -0.05) is 0 Å². The van der Waals surface area contributed by atoms with Crippen LogP contribution in [0.25, 0.3) is 0 Å². The molecule has 0 saturated heterocycles. The van der Waals surface area contributed by atoms with Gasteiger partial charge in [0.15, 0.2) is 0 Å². The Bertz CT molecular complexity index is 483. The molecule has 20 heavy (non-hydrogen) atoms. The van der Waals surface area contributed by atoms with Crippen LogP contribution in [0.4, 0.5) is 0 Å². The fraction of sp³-hybridized carbons (Fsp3) is 0. The predicted octanol–water partition coefficient (Wildman–Crippen LogP) is -4.86. The number of benzene rings is 1. The van der Waals surface area contributed by atoms with E-state index < -0.39 is 46.1 Å². The van der Waals surface area contributed by atoms with E-state index >= 15 is 0 Å². The Balaban J connectivity index is 0. The van der Waals surface area contributed by atoms with Gasteiger partial charge in [0.2, 0.25) is 0 Å². The van der Waals surface area contributed by atoms with Gasteiger partial charge >= 0.3 is 39.0 Å². The summed E-state index contributed by atoms with van der Waals surface area (Å²) in [5.41, 5.74) is -4.11. The maximum Gasteiger partial charge on any atom is 2.00 e. The van der Waals surface area contributed by atoms with Crippen molar-refractivity contribution in [3.05, 3.63) is 34.4 Å². The molecule has 0 unspecified atom stereocenters. The second-order valence-electron chi connectivity index (χ2n) is 3.09. The van der Waals surface area contributed by atoms with Gasteiger partial charge in [-0.25, -0.2) is 0 Å². The summed E-state index contributed by atoms with van der Waals surface area (Å²) in [5, 5.41) is 42.4. The first-order valence-corrected chi connectivity index (χ1v) is 4.29. The monoisotopic (exact) mass is 378 g/mol. The standard InChI is InChI=1S/C10H6O8.2Zn/c11-7(12)3-1-4(8(13)14)6(10(17)18)2-5(3)9(15)16;;/h1-2H,(H,11,12)(H,13,14)(H,15,16)(H,17,18);;/q;2*+2/p-4. The SMILES string of the molecule is O=C([O-])c1cc(C(=O)[O-])c(C(=O)[O-])cc1C(=O)[O-].[Zn+2].[Zn+2]. The molecule has 0 spiro atoms. The van der Waals surface area contributed by atoms with Crippen LogP contribution in [-0.4, -0.2) is 23.9 Å². The zero-order valence-corrected chi connectivity index (χ0v) is 15.8. The maximum absolute atomic E-state index is 10.6. The zero-order chi connectivity index (χ0) is 14.0. The molecule has 0 amide bonds. The number of aromatic carboxylic acids is 4. The first kappa shape index (κ1) is 20.7. The molecule has 0 aliphatic heterocycles. The summed E-state index contributed by atoms with van der Waals surface area (Å²) in [6.07, 6.45) is 0. The van der Waals surface area contributed by atoms with Crippen LogP contribution >= 0.6 is 0 Å². The normalized spacial score (nSPS) is 8.80. The van der Waals surface area contributed by atoms with Crippen LogP contribution < -0.4 is 20.4 Å². The molecule has 0 aliphatic rings. The molecule has 1 aromatic carbocycles. The van der Waals surface area contributed by atoms with Crippen molar-refractivity contribution in [1.29, 1.82) is 0 Å². The van der Waals surface area contributed by atoms with Crippen molar-refractivity contribution in [2.24, 2.45) is 0 Å². The van der Waals surface area contributed by atoms with Crippen LogP contribution in [0.3, 0.4) is 0 Å². The third-order valence-corrected chi connectivity index (χ3v) is 2.04. The van der Waals surface area contributed by atoms with E-state index in [-0.39, 0.29) is 39.0 Å². The van der Waals surface area contributed by atoms with Gasteiger partial charge in [-0.3, -0.25) is 0 Å². The molecule has 0 aromatic heterocycles. The van der Waals surface area contributed by atoms with Crippen molar-refractivity contribution in [3.63, 3.8) is 0 Å². The van der Waals surface area contributed by atoms with Gasteiger partial charge in [-0.05, 0) is 12.1 Å². The Morgan fingerprint density at radius 2 is 0.700 bits per heavy atom. The van der Waals surface area contributed by atoms with E-state index in [1.54, 1.807) is 0 Å². The van der Waals surface area contributed by atoms with Crippen LogP contribution in [0.2, 0.25) is 0 Å². The molecule has 0 bridgehead atoms. The van der Waals surface area contributed by atoms with E-state index in [0.717, 1.165) is 0 Å². The number of carboxylic acids is 4. The van der Waals surface area contributed by atoms with Crippen molar-refractivity contribution in [2.45, 2.75) is 0 Å². The van der Waals surface area contributed by atoms with Crippen molar-refractivity contribution in [1.82, 2.24) is 0 Å². The largest absolute Gasteiger partial charge is 2.00 e. The van der Waals surface area contributed by atoms with Crippen LogP contribution in [-0.2, 0) is 39.0 Å². The number of carboxylic acid groups (broad SMARTS) is 4. The van der Waals surface area contributed by atoms with Gasteiger partial charge in [-0.15, -0.1) is 0 Å². The molecule has 0 atom stereocenters. The van der Waals surface area contributed by atoms with E-state index in [0.29, 0.717) is 12.1 Å². The average Bonchev–Trinajstić information content (AvgIpc) is 2.26. The topological polar surface area (TPSA) is 161 Å². The van der Waals surface area contributed by atoms with Crippen molar-refractivity contribution < 1.29 is 78.6 Å². The second kappa shape index (κ2) is 7.82. The van der Waals surface area contributed by atoms with Gasteiger partial charge in [0, 0.05) is 22.3 Å². The fourth-order valence-corrected chi connectivity index (χ4v) is 1.28. The minimum absolute atomic E-state index is 0. The molecule has 0 heterocycles. The summed E-state index contributed by atoms with van der Waals surface area (Å²) < 4.78 is 0. The quantitative estimate of drug-likeness (QED) is 0.469. The number of hydrogen-bond acceptors (Lipinski definition) is 8. The number of hydrogen-bond donors (Lipinski definition) is 0. The Kier molecular flexibility index (Phi) is 8.08. The summed E-state index contributed by atoms with van der Waals surface area (Å²) in [4.78, 5) is 42.4. The van der Waals surface area contributed by atoms with Crippen molar-refractivity contribution in [3.8, 4) is 0 Å². The minimum Gasteiger partial charge on any atom is -0.545 e. The molecule has 94 valence electrons. The second-order valence-corrected chi connectivity index (χ2v) is 3.09. The fourth-order valence-electron chi connectivity index (χ4n) is 1.28. The third-order valence-electron chi connectivity index (χ3n) is 2.04. The van der Waals surface area contributed by atoms with Gasteiger partial charge in [0.1, 0.15) is 0 Å². The molecule has 0 radical (unpaired) electrons. The summed E-state index contributed by atoms with van der Waals surface area (Å²) in [5.74, 6) is -7.99. The molecule has 0 aliphatic carbocycles. The number of carbonyl (C=O) groups is 4. The smallest absolute Gasteiger partial charge is 0.545 e. The summed E-state index contributed by atoms with van der Waals surface area (Å²) >= 11 is 0. The zero-order valence-electron chi connectivity index (χ0n) is 9.83. The minimum atomic E-state index is -2.00. The Morgan fingerprint density at radius 1 is 0.550 bits per heavy atom. The molecule has 8 nitrogen and oxygen atoms in total. The maximum atomic E-state index is 10.6. The van der Waals surface area contributed by atoms with E-state index in [2.05, 4.69) is 0 Å². The molecule has 0 N–H and O–H groups in total. The van der Waals surface area contributed by atoms with Crippen molar-refractivity contribution in [2.75, 3.05) is 0 Å². The van der Waals surface area contributed by atoms with E-state index in [4.69, 9.17) is 0 Å². The Hall–Kier alpha value is -1.65. The summed E-state index contributed by atoms with van der Waals surface area (Å²) in [6, 6.07) is 0.613. The molecule has 1 rings (SSSR count). The molecule has 0 fully saturated rings. The van der Waals surface area contributed by atoms with Crippen LogP contribution in [0, 0.1) is 0 Å². The number of carbonyl (C=O) groups excluding carboxylic acids is 4.